The molecule has 7 nitrogen and oxygen atoms in total. The number of hydrogen-bond donors (Lipinski definition) is 1. The van der Waals surface area contributed by atoms with E-state index in [0.29, 0.717) is 12.0 Å². The molecular weight excluding hydrogens is 328 g/mol. The van der Waals surface area contributed by atoms with E-state index < -0.39 is 0 Å². The van der Waals surface area contributed by atoms with Crippen molar-refractivity contribution in [2.75, 3.05) is 32.8 Å². The first-order valence-corrected chi connectivity index (χ1v) is 9.33. The molecule has 2 aliphatic rings. The standard InChI is InChI=1S/C19H26N6O/c1-2-21-18(24-8-6-19(12-24)7-9-26-13-19)22-11-16-4-3-5-17(10-16)25-15-20-14-23-25/h3-5,10,14-15H,2,6-9,11-13H2,1H3,(H,21,22). The number of benzene rings is 1. The lowest BCUT2D eigenvalue weighted by Gasteiger charge is -2.25. The number of rotatable bonds is 4. The van der Waals surface area contributed by atoms with E-state index in [1.165, 1.54) is 12.8 Å². The largest absolute Gasteiger partial charge is 0.381 e. The van der Waals surface area contributed by atoms with Crippen molar-refractivity contribution in [3.05, 3.63) is 42.5 Å². The van der Waals surface area contributed by atoms with Gasteiger partial charge in [-0.1, -0.05) is 12.1 Å². The molecule has 2 saturated heterocycles. The Morgan fingerprint density at radius 2 is 2.35 bits per heavy atom. The molecule has 1 atom stereocenters. The average molecular weight is 354 g/mol. The van der Waals surface area contributed by atoms with Gasteiger partial charge in [0.2, 0.25) is 0 Å². The highest BCUT2D eigenvalue weighted by atomic mass is 16.5. The molecular formula is C19H26N6O. The summed E-state index contributed by atoms with van der Waals surface area (Å²) in [5.74, 6) is 1.00. The van der Waals surface area contributed by atoms with Gasteiger partial charge in [-0.05, 0) is 37.5 Å². The smallest absolute Gasteiger partial charge is 0.194 e. The van der Waals surface area contributed by atoms with E-state index in [1.54, 1.807) is 17.3 Å². The summed E-state index contributed by atoms with van der Waals surface area (Å²) in [6, 6.07) is 8.27. The monoisotopic (exact) mass is 354 g/mol. The van der Waals surface area contributed by atoms with E-state index in [9.17, 15) is 0 Å². The van der Waals surface area contributed by atoms with E-state index in [0.717, 1.165) is 50.1 Å². The van der Waals surface area contributed by atoms with E-state index in [2.05, 4.69) is 39.4 Å². The summed E-state index contributed by atoms with van der Waals surface area (Å²) in [5, 5.41) is 7.64. The maximum Gasteiger partial charge on any atom is 0.194 e. The molecule has 0 radical (unpaired) electrons. The van der Waals surface area contributed by atoms with Crippen molar-refractivity contribution in [1.29, 1.82) is 0 Å². The first-order chi connectivity index (χ1) is 12.8. The summed E-state index contributed by atoms with van der Waals surface area (Å²) in [4.78, 5) is 11.3. The fraction of sp³-hybridized carbons (Fsp3) is 0.526. The minimum Gasteiger partial charge on any atom is -0.381 e. The number of nitrogens with zero attached hydrogens (tertiary/aromatic N) is 5. The van der Waals surface area contributed by atoms with Crippen LogP contribution in [0, 0.1) is 5.41 Å². The third kappa shape index (κ3) is 3.58. The summed E-state index contributed by atoms with van der Waals surface area (Å²) in [7, 11) is 0. The quantitative estimate of drug-likeness (QED) is 0.670. The zero-order chi connectivity index (χ0) is 17.8. The molecule has 2 aliphatic heterocycles. The Hall–Kier alpha value is -2.41. The maximum atomic E-state index is 5.65. The topological polar surface area (TPSA) is 67.6 Å². The van der Waals surface area contributed by atoms with Crippen LogP contribution in [-0.2, 0) is 11.3 Å². The minimum absolute atomic E-state index is 0.337. The number of guanidine groups is 1. The molecule has 7 heteroatoms. The fourth-order valence-corrected chi connectivity index (χ4v) is 3.82. The second-order valence-corrected chi connectivity index (χ2v) is 7.15. The van der Waals surface area contributed by atoms with E-state index >= 15 is 0 Å². The van der Waals surface area contributed by atoms with Crippen molar-refractivity contribution in [3.63, 3.8) is 0 Å². The van der Waals surface area contributed by atoms with Crippen LogP contribution in [0.1, 0.15) is 25.3 Å². The number of aromatic nitrogens is 3. The van der Waals surface area contributed by atoms with Gasteiger partial charge in [-0.15, -0.1) is 0 Å². The third-order valence-electron chi connectivity index (χ3n) is 5.26. The number of nitrogens with one attached hydrogen (secondary N) is 1. The lowest BCUT2D eigenvalue weighted by atomic mass is 9.87. The van der Waals surface area contributed by atoms with Crippen LogP contribution >= 0.6 is 0 Å². The number of likely N-dealkylation sites (tertiary alicyclic amines) is 1. The molecule has 1 spiro atoms. The zero-order valence-corrected chi connectivity index (χ0v) is 15.3. The van der Waals surface area contributed by atoms with Gasteiger partial charge < -0.3 is 15.0 Å². The molecule has 138 valence electrons. The van der Waals surface area contributed by atoms with Gasteiger partial charge in [0.1, 0.15) is 12.7 Å². The predicted molar refractivity (Wildman–Crippen MR) is 100 cm³/mol. The molecule has 4 rings (SSSR count). The maximum absolute atomic E-state index is 5.65. The van der Waals surface area contributed by atoms with Crippen molar-refractivity contribution in [2.45, 2.75) is 26.3 Å². The molecule has 1 N–H and O–H groups in total. The number of ether oxygens (including phenoxy) is 1. The van der Waals surface area contributed by atoms with Gasteiger partial charge in [0.05, 0.1) is 18.8 Å². The zero-order valence-electron chi connectivity index (χ0n) is 15.3. The second kappa shape index (κ2) is 7.45. The molecule has 3 heterocycles. The number of aliphatic imine (C=N–C) groups is 1. The van der Waals surface area contributed by atoms with Gasteiger partial charge >= 0.3 is 0 Å². The molecule has 1 unspecified atom stereocenters. The van der Waals surface area contributed by atoms with Gasteiger partial charge in [-0.3, -0.25) is 0 Å². The highest BCUT2D eigenvalue weighted by molar-refractivity contribution is 5.80. The summed E-state index contributed by atoms with van der Waals surface area (Å²) in [6.07, 6.45) is 5.62. The van der Waals surface area contributed by atoms with Crippen LogP contribution < -0.4 is 5.32 Å². The van der Waals surface area contributed by atoms with Crippen LogP contribution in [0.25, 0.3) is 5.69 Å². The van der Waals surface area contributed by atoms with E-state index in [4.69, 9.17) is 9.73 Å². The molecule has 0 saturated carbocycles. The molecule has 26 heavy (non-hydrogen) atoms. The SMILES string of the molecule is CCNC(=NCc1cccc(-n2cncn2)c1)N1CCC2(CCOC2)C1. The first-order valence-electron chi connectivity index (χ1n) is 9.33. The Morgan fingerprint density at radius 1 is 1.38 bits per heavy atom. The van der Waals surface area contributed by atoms with Crippen LogP contribution in [0.2, 0.25) is 0 Å². The van der Waals surface area contributed by atoms with Gasteiger partial charge in [-0.2, -0.15) is 5.10 Å². The van der Waals surface area contributed by atoms with Crippen molar-refractivity contribution in [2.24, 2.45) is 10.4 Å². The molecule has 2 fully saturated rings. The Morgan fingerprint density at radius 3 is 3.12 bits per heavy atom. The highest BCUT2D eigenvalue weighted by Gasteiger charge is 2.42. The van der Waals surface area contributed by atoms with Gasteiger partial charge in [0, 0.05) is 31.7 Å². The normalized spacial score (nSPS) is 23.1. The van der Waals surface area contributed by atoms with Crippen LogP contribution in [0.3, 0.4) is 0 Å². The first kappa shape index (κ1) is 17.0. The van der Waals surface area contributed by atoms with Gasteiger partial charge in [0.15, 0.2) is 5.96 Å². The minimum atomic E-state index is 0.337. The van der Waals surface area contributed by atoms with Crippen molar-refractivity contribution in [1.82, 2.24) is 25.0 Å². The Balaban J connectivity index is 1.47. The van der Waals surface area contributed by atoms with Crippen LogP contribution in [0.4, 0.5) is 0 Å². The average Bonchev–Trinajstić information content (AvgIpc) is 3.43. The summed E-state index contributed by atoms with van der Waals surface area (Å²) >= 11 is 0. The van der Waals surface area contributed by atoms with Crippen LogP contribution in [0.15, 0.2) is 41.9 Å². The van der Waals surface area contributed by atoms with Gasteiger partial charge in [-0.25, -0.2) is 14.7 Å². The summed E-state index contributed by atoms with van der Waals surface area (Å²) < 4.78 is 7.41. The van der Waals surface area contributed by atoms with Crippen molar-refractivity contribution in [3.8, 4) is 5.69 Å². The highest BCUT2D eigenvalue weighted by Crippen LogP contribution is 2.38. The predicted octanol–water partition coefficient (Wildman–Crippen LogP) is 1.85. The van der Waals surface area contributed by atoms with E-state index in [1.807, 2.05) is 12.1 Å². The molecule has 0 amide bonds. The van der Waals surface area contributed by atoms with Crippen LogP contribution in [-0.4, -0.2) is 58.5 Å². The molecule has 0 bridgehead atoms. The summed E-state index contributed by atoms with van der Waals surface area (Å²) in [6.45, 7) is 7.51. The summed E-state index contributed by atoms with van der Waals surface area (Å²) in [5.41, 5.74) is 2.50. The molecule has 2 aromatic rings. The third-order valence-corrected chi connectivity index (χ3v) is 5.26. The van der Waals surface area contributed by atoms with Gasteiger partial charge in [0.25, 0.3) is 0 Å². The lowest BCUT2D eigenvalue weighted by molar-refractivity contribution is 0.156. The van der Waals surface area contributed by atoms with Crippen molar-refractivity contribution < 1.29 is 4.74 Å². The Kier molecular flexibility index (Phi) is 4.88. The number of hydrogen-bond acceptors (Lipinski definition) is 4. The Labute approximate surface area is 154 Å². The fourth-order valence-electron chi connectivity index (χ4n) is 3.82. The molecule has 1 aromatic carbocycles. The lowest BCUT2D eigenvalue weighted by Crippen LogP contribution is -2.41. The second-order valence-electron chi connectivity index (χ2n) is 7.15. The van der Waals surface area contributed by atoms with E-state index in [-0.39, 0.29) is 0 Å². The molecule has 0 aliphatic carbocycles. The molecule has 1 aromatic heterocycles. The Bertz CT molecular complexity index is 751. The van der Waals surface area contributed by atoms with Crippen molar-refractivity contribution >= 4 is 5.96 Å². The van der Waals surface area contributed by atoms with Crippen LogP contribution in [0.5, 0.6) is 0 Å².